The van der Waals surface area contributed by atoms with Crippen LogP contribution in [0.1, 0.15) is 6.42 Å². The van der Waals surface area contributed by atoms with Gasteiger partial charge in [-0.2, -0.15) is 5.26 Å². The molecule has 0 spiro atoms. The summed E-state index contributed by atoms with van der Waals surface area (Å²) >= 11 is 0. The van der Waals surface area contributed by atoms with Crippen molar-refractivity contribution in [1.29, 1.82) is 5.26 Å². The predicted octanol–water partition coefficient (Wildman–Crippen LogP) is -0.245. The Kier molecular flexibility index (Phi) is 7.00. The smallest absolute Gasteiger partial charge is 0.309 e. The molecule has 0 amide bonds. The Bertz CT molecular complexity index is 140. The lowest BCUT2D eigenvalue weighted by atomic mass is 10.1. The van der Waals surface area contributed by atoms with Crippen molar-refractivity contribution in [3.05, 3.63) is 0 Å². The highest BCUT2D eigenvalue weighted by molar-refractivity contribution is 5.70. The van der Waals surface area contributed by atoms with Crippen LogP contribution < -0.4 is 6.15 Å². The molecule has 1 unspecified atom stereocenters. The minimum absolute atomic E-state index is 0. The number of hydrogen-bond donors (Lipinski definition) is 3. The molecule has 0 bridgehead atoms. The van der Waals surface area contributed by atoms with Crippen molar-refractivity contribution in [3.63, 3.8) is 0 Å². The first-order chi connectivity index (χ1) is 4.22. The van der Waals surface area contributed by atoms with E-state index >= 15 is 0 Å². The van der Waals surface area contributed by atoms with Gasteiger partial charge in [0.15, 0.2) is 0 Å². The van der Waals surface area contributed by atoms with Gasteiger partial charge in [-0.25, -0.2) is 0 Å². The van der Waals surface area contributed by atoms with Gasteiger partial charge in [-0.05, 0) is 0 Å². The van der Waals surface area contributed by atoms with Crippen molar-refractivity contribution in [2.45, 2.75) is 6.42 Å². The molecule has 0 aliphatic heterocycles. The first-order valence-electron chi connectivity index (χ1n) is 2.43. The summed E-state index contributed by atoms with van der Waals surface area (Å²) in [5.74, 6) is -2.05. The van der Waals surface area contributed by atoms with Crippen molar-refractivity contribution >= 4 is 5.97 Å². The van der Waals surface area contributed by atoms with Crippen LogP contribution in [0.3, 0.4) is 0 Å². The molecule has 5 heteroatoms. The molecule has 0 aromatic carbocycles. The molecule has 5 nitrogen and oxygen atoms in total. The van der Waals surface area contributed by atoms with Gasteiger partial charge in [0, 0.05) is 0 Å². The van der Waals surface area contributed by atoms with E-state index in [9.17, 15) is 4.79 Å². The maximum atomic E-state index is 10.0. The van der Waals surface area contributed by atoms with Crippen molar-refractivity contribution in [2.24, 2.45) is 5.92 Å². The minimum atomic E-state index is -1.13. The number of carboxylic acids is 1. The third-order valence-corrected chi connectivity index (χ3v) is 0.907. The second kappa shape index (κ2) is 6.01. The Labute approximate surface area is 58.5 Å². The topological polar surface area (TPSA) is 116 Å². The van der Waals surface area contributed by atoms with E-state index in [4.69, 9.17) is 15.5 Å². The van der Waals surface area contributed by atoms with E-state index in [1.807, 2.05) is 0 Å². The summed E-state index contributed by atoms with van der Waals surface area (Å²) < 4.78 is 0. The minimum Gasteiger partial charge on any atom is -0.481 e. The molecule has 0 radical (unpaired) electrons. The highest BCUT2D eigenvalue weighted by atomic mass is 16.4. The van der Waals surface area contributed by atoms with Crippen LogP contribution in [0.25, 0.3) is 0 Å². The summed E-state index contributed by atoms with van der Waals surface area (Å²) in [7, 11) is 0. The van der Waals surface area contributed by atoms with E-state index in [-0.39, 0.29) is 12.6 Å². The second-order valence-electron chi connectivity index (χ2n) is 1.58. The number of carboxylic acid groups (broad SMARTS) is 1. The first kappa shape index (κ1) is 11.6. The van der Waals surface area contributed by atoms with Crippen LogP contribution in [0, 0.1) is 17.2 Å². The summed E-state index contributed by atoms with van der Waals surface area (Å²) in [6, 6.07) is 1.66. The standard InChI is InChI=1S/C5H7NO3.H3N/c6-2-1-4(3-7)5(8)9;/h4,7H,1,3H2,(H,8,9);1H3. The molecule has 0 rings (SSSR count). The zero-order chi connectivity index (χ0) is 7.28. The van der Waals surface area contributed by atoms with Crippen LogP contribution >= 0.6 is 0 Å². The molecule has 0 saturated carbocycles. The van der Waals surface area contributed by atoms with E-state index < -0.39 is 18.5 Å². The zero-order valence-electron chi connectivity index (χ0n) is 5.45. The number of aliphatic hydroxyl groups excluding tert-OH is 1. The number of nitrogens with zero attached hydrogens (tertiary/aromatic N) is 1. The molecular weight excluding hydrogens is 136 g/mol. The van der Waals surface area contributed by atoms with Crippen LogP contribution in [0.5, 0.6) is 0 Å². The fourth-order valence-corrected chi connectivity index (χ4v) is 0.340. The average Bonchev–Trinajstić information content (AvgIpc) is 1.82. The summed E-state index contributed by atoms with van der Waals surface area (Å²) in [6.07, 6.45) is -0.133. The summed E-state index contributed by atoms with van der Waals surface area (Å²) in [5, 5.41) is 24.5. The third-order valence-electron chi connectivity index (χ3n) is 0.907. The van der Waals surface area contributed by atoms with E-state index in [0.29, 0.717) is 0 Å². The molecule has 1 atom stereocenters. The van der Waals surface area contributed by atoms with Gasteiger partial charge < -0.3 is 16.4 Å². The number of hydrogen-bond acceptors (Lipinski definition) is 4. The van der Waals surface area contributed by atoms with E-state index in [1.165, 1.54) is 0 Å². The molecule has 0 fully saturated rings. The van der Waals surface area contributed by atoms with Gasteiger partial charge in [-0.15, -0.1) is 0 Å². The monoisotopic (exact) mass is 146 g/mol. The van der Waals surface area contributed by atoms with Gasteiger partial charge in [0.1, 0.15) is 0 Å². The van der Waals surface area contributed by atoms with Crippen molar-refractivity contribution in [1.82, 2.24) is 6.15 Å². The molecule has 0 aromatic rings. The molecule has 0 heterocycles. The fourth-order valence-electron chi connectivity index (χ4n) is 0.340. The molecule has 5 N–H and O–H groups in total. The third kappa shape index (κ3) is 3.83. The Balaban J connectivity index is 0. The molecule has 0 aromatic heterocycles. The maximum absolute atomic E-state index is 10.0. The van der Waals surface area contributed by atoms with Gasteiger partial charge in [-0.1, -0.05) is 0 Å². The largest absolute Gasteiger partial charge is 0.481 e. The van der Waals surface area contributed by atoms with Gasteiger partial charge in [-0.3, -0.25) is 4.79 Å². The number of nitriles is 1. The van der Waals surface area contributed by atoms with Crippen LogP contribution in [0.15, 0.2) is 0 Å². The van der Waals surface area contributed by atoms with Crippen molar-refractivity contribution in [3.8, 4) is 6.07 Å². The van der Waals surface area contributed by atoms with Gasteiger partial charge >= 0.3 is 5.97 Å². The van der Waals surface area contributed by atoms with Crippen molar-refractivity contribution < 1.29 is 15.0 Å². The van der Waals surface area contributed by atoms with E-state index in [2.05, 4.69) is 0 Å². The predicted molar refractivity (Wildman–Crippen MR) is 33.5 cm³/mol. The molecular formula is C5H10N2O3. The first-order valence-corrected chi connectivity index (χ1v) is 2.43. The lowest BCUT2D eigenvalue weighted by molar-refractivity contribution is -0.142. The lowest BCUT2D eigenvalue weighted by Crippen LogP contribution is -2.16. The Hall–Kier alpha value is -1.12. The molecule has 0 aliphatic carbocycles. The van der Waals surface area contributed by atoms with Crippen LogP contribution in [-0.4, -0.2) is 22.8 Å². The Morgan fingerprint density at radius 1 is 1.70 bits per heavy atom. The summed E-state index contributed by atoms with van der Waals surface area (Å²) in [6.45, 7) is -0.469. The van der Waals surface area contributed by atoms with Gasteiger partial charge in [0.25, 0.3) is 0 Å². The van der Waals surface area contributed by atoms with Crippen LogP contribution in [-0.2, 0) is 4.79 Å². The maximum Gasteiger partial charge on any atom is 0.309 e. The van der Waals surface area contributed by atoms with Crippen molar-refractivity contribution in [2.75, 3.05) is 6.61 Å². The number of carbonyl (C=O) groups is 1. The van der Waals surface area contributed by atoms with Gasteiger partial charge in [0.2, 0.25) is 0 Å². The van der Waals surface area contributed by atoms with Crippen LogP contribution in [0.4, 0.5) is 0 Å². The van der Waals surface area contributed by atoms with Crippen LogP contribution in [0.2, 0.25) is 0 Å². The zero-order valence-corrected chi connectivity index (χ0v) is 5.45. The molecule has 0 saturated heterocycles. The number of aliphatic carboxylic acids is 1. The summed E-state index contributed by atoms with van der Waals surface area (Å²) in [4.78, 5) is 10.0. The normalized spacial score (nSPS) is 10.8. The number of aliphatic hydroxyl groups is 1. The highest BCUT2D eigenvalue weighted by Gasteiger charge is 2.14. The van der Waals surface area contributed by atoms with Gasteiger partial charge in [0.05, 0.1) is 25.0 Å². The Morgan fingerprint density at radius 2 is 2.20 bits per heavy atom. The highest BCUT2D eigenvalue weighted by Crippen LogP contribution is 1.99. The average molecular weight is 146 g/mol. The van der Waals surface area contributed by atoms with E-state index in [0.717, 1.165) is 0 Å². The fraction of sp³-hybridized carbons (Fsp3) is 0.600. The second-order valence-corrected chi connectivity index (χ2v) is 1.58. The SMILES string of the molecule is N.N#CCC(CO)C(=O)O. The summed E-state index contributed by atoms with van der Waals surface area (Å²) in [5.41, 5.74) is 0. The lowest BCUT2D eigenvalue weighted by Gasteiger charge is -2.00. The molecule has 0 aliphatic rings. The quantitative estimate of drug-likeness (QED) is 0.507. The molecule has 58 valence electrons. The molecule has 10 heavy (non-hydrogen) atoms. The van der Waals surface area contributed by atoms with E-state index in [1.54, 1.807) is 6.07 Å². The number of rotatable bonds is 3. The Morgan fingerprint density at radius 3 is 2.30 bits per heavy atom.